The molecule has 96 valence electrons. The molecule has 2 aromatic rings. The molecule has 1 aromatic heterocycles. The van der Waals surface area contributed by atoms with Crippen molar-refractivity contribution in [3.8, 4) is 0 Å². The molecule has 2 rings (SSSR count). The van der Waals surface area contributed by atoms with Gasteiger partial charge in [0.2, 0.25) is 0 Å². The van der Waals surface area contributed by atoms with Crippen molar-refractivity contribution >= 4 is 28.2 Å². The lowest BCUT2D eigenvalue weighted by molar-refractivity contribution is 0.849. The monoisotopic (exact) mass is 262 g/mol. The van der Waals surface area contributed by atoms with Gasteiger partial charge in [-0.15, -0.1) is 0 Å². The Kier molecular flexibility index (Phi) is 3.49. The van der Waals surface area contributed by atoms with Crippen molar-refractivity contribution < 1.29 is 0 Å². The van der Waals surface area contributed by atoms with E-state index < -0.39 is 0 Å². The van der Waals surface area contributed by atoms with E-state index in [1.54, 1.807) is 0 Å². The number of hydrogen-bond acceptors (Lipinski definition) is 2. The van der Waals surface area contributed by atoms with Crippen molar-refractivity contribution in [3.05, 3.63) is 34.0 Å². The molecule has 0 aliphatic heterocycles. The fourth-order valence-corrected chi connectivity index (χ4v) is 2.70. The van der Waals surface area contributed by atoms with Gasteiger partial charge in [-0.25, -0.2) is 0 Å². The highest BCUT2D eigenvalue weighted by atomic mass is 35.5. The third-order valence-electron chi connectivity index (χ3n) is 3.40. The Morgan fingerprint density at radius 2 is 1.89 bits per heavy atom. The van der Waals surface area contributed by atoms with Gasteiger partial charge in [0.15, 0.2) is 0 Å². The highest BCUT2D eigenvalue weighted by Gasteiger charge is 2.16. The van der Waals surface area contributed by atoms with Crippen LogP contribution in [-0.4, -0.2) is 12.0 Å². The normalized spacial score (nSPS) is 11.3. The zero-order valence-electron chi connectivity index (χ0n) is 11.6. The summed E-state index contributed by atoms with van der Waals surface area (Å²) in [5.41, 5.74) is 5.57. The van der Waals surface area contributed by atoms with E-state index in [4.69, 9.17) is 16.6 Å². The topological polar surface area (TPSA) is 24.9 Å². The number of aromatic nitrogens is 1. The van der Waals surface area contributed by atoms with Gasteiger partial charge in [0.05, 0.1) is 5.52 Å². The van der Waals surface area contributed by atoms with Gasteiger partial charge < -0.3 is 5.32 Å². The van der Waals surface area contributed by atoms with Gasteiger partial charge in [0.25, 0.3) is 0 Å². The average molecular weight is 263 g/mol. The lowest BCUT2D eigenvalue weighted by atomic mass is 9.96. The van der Waals surface area contributed by atoms with Crippen LogP contribution in [0.2, 0.25) is 5.02 Å². The van der Waals surface area contributed by atoms with Gasteiger partial charge in [0, 0.05) is 28.8 Å². The Morgan fingerprint density at radius 3 is 2.44 bits per heavy atom. The van der Waals surface area contributed by atoms with Crippen LogP contribution in [0.4, 0.5) is 5.69 Å². The predicted octanol–water partition coefficient (Wildman–Crippen LogP) is 4.67. The van der Waals surface area contributed by atoms with Crippen molar-refractivity contribution in [3.63, 3.8) is 0 Å². The van der Waals surface area contributed by atoms with Crippen LogP contribution < -0.4 is 5.32 Å². The van der Waals surface area contributed by atoms with Crippen LogP contribution in [0.3, 0.4) is 0 Å². The summed E-state index contributed by atoms with van der Waals surface area (Å²) in [5, 5.41) is 5.24. The molecular formula is C15H19ClN2. The molecule has 1 heterocycles. The second-order valence-electron chi connectivity index (χ2n) is 4.96. The molecule has 18 heavy (non-hydrogen) atoms. The maximum absolute atomic E-state index is 6.18. The van der Waals surface area contributed by atoms with Crippen molar-refractivity contribution in [1.29, 1.82) is 0 Å². The lowest BCUT2D eigenvalue weighted by Gasteiger charge is -2.18. The first kappa shape index (κ1) is 13.2. The molecule has 0 radical (unpaired) electrons. The van der Waals surface area contributed by atoms with Crippen LogP contribution in [0, 0.1) is 13.8 Å². The van der Waals surface area contributed by atoms with E-state index in [0.29, 0.717) is 5.92 Å². The molecule has 0 saturated heterocycles. The fourth-order valence-electron chi connectivity index (χ4n) is 2.55. The Bertz CT molecular complexity index is 603. The standard InChI is InChI=1S/C15H19ClN2/c1-8(2)13-10(4)18-14-9(3)12(16)7-6-11(14)15(13)17-5/h6-8H,1-5H3,(H,17,18). The van der Waals surface area contributed by atoms with Crippen molar-refractivity contribution in [2.24, 2.45) is 0 Å². The molecular weight excluding hydrogens is 244 g/mol. The van der Waals surface area contributed by atoms with E-state index >= 15 is 0 Å². The van der Waals surface area contributed by atoms with E-state index in [1.165, 1.54) is 11.3 Å². The zero-order valence-corrected chi connectivity index (χ0v) is 12.3. The summed E-state index contributed by atoms with van der Waals surface area (Å²) in [4.78, 5) is 4.74. The van der Waals surface area contributed by atoms with Gasteiger partial charge in [-0.2, -0.15) is 0 Å². The van der Waals surface area contributed by atoms with E-state index in [1.807, 2.05) is 20.0 Å². The molecule has 0 atom stereocenters. The molecule has 0 spiro atoms. The minimum absolute atomic E-state index is 0.445. The van der Waals surface area contributed by atoms with Gasteiger partial charge in [-0.3, -0.25) is 4.98 Å². The quantitative estimate of drug-likeness (QED) is 0.851. The molecule has 0 aliphatic rings. The number of pyridine rings is 1. The van der Waals surface area contributed by atoms with Gasteiger partial charge in [-0.05, 0) is 43.0 Å². The maximum Gasteiger partial charge on any atom is 0.0770 e. The second kappa shape index (κ2) is 4.77. The number of hydrogen-bond donors (Lipinski definition) is 1. The number of rotatable bonds is 2. The van der Waals surface area contributed by atoms with Crippen LogP contribution in [0.25, 0.3) is 10.9 Å². The first-order valence-corrected chi connectivity index (χ1v) is 6.62. The van der Waals surface area contributed by atoms with E-state index in [9.17, 15) is 0 Å². The maximum atomic E-state index is 6.18. The van der Waals surface area contributed by atoms with Crippen molar-refractivity contribution in [2.45, 2.75) is 33.6 Å². The summed E-state index contributed by atoms with van der Waals surface area (Å²) < 4.78 is 0. The summed E-state index contributed by atoms with van der Waals surface area (Å²) in [6.07, 6.45) is 0. The molecule has 0 aliphatic carbocycles. The van der Waals surface area contributed by atoms with Crippen molar-refractivity contribution in [2.75, 3.05) is 12.4 Å². The van der Waals surface area contributed by atoms with Gasteiger partial charge in [0.1, 0.15) is 0 Å². The minimum Gasteiger partial charge on any atom is -0.387 e. The zero-order chi connectivity index (χ0) is 13.4. The molecule has 0 saturated carbocycles. The summed E-state index contributed by atoms with van der Waals surface area (Å²) in [5.74, 6) is 0.445. The number of benzene rings is 1. The Balaban J connectivity index is 2.93. The third kappa shape index (κ3) is 1.95. The number of anilines is 1. The molecule has 3 heteroatoms. The molecule has 1 aromatic carbocycles. The Labute approximate surface area is 113 Å². The largest absolute Gasteiger partial charge is 0.387 e. The number of halogens is 1. The van der Waals surface area contributed by atoms with Gasteiger partial charge >= 0.3 is 0 Å². The molecule has 0 fully saturated rings. The van der Waals surface area contributed by atoms with Crippen LogP contribution in [0.15, 0.2) is 12.1 Å². The van der Waals surface area contributed by atoms with Crippen LogP contribution in [0.1, 0.15) is 36.6 Å². The fraction of sp³-hybridized carbons (Fsp3) is 0.400. The van der Waals surface area contributed by atoms with Crippen LogP contribution >= 0.6 is 11.6 Å². The average Bonchev–Trinajstić information content (AvgIpc) is 2.32. The molecule has 2 nitrogen and oxygen atoms in total. The molecule has 0 bridgehead atoms. The van der Waals surface area contributed by atoms with Crippen LogP contribution in [-0.2, 0) is 0 Å². The first-order chi connectivity index (χ1) is 8.47. The highest BCUT2D eigenvalue weighted by molar-refractivity contribution is 6.32. The van der Waals surface area contributed by atoms with E-state index in [0.717, 1.165) is 27.2 Å². The van der Waals surface area contributed by atoms with Crippen LogP contribution in [0.5, 0.6) is 0 Å². The third-order valence-corrected chi connectivity index (χ3v) is 3.81. The summed E-state index contributed by atoms with van der Waals surface area (Å²) in [6.45, 7) is 8.47. The van der Waals surface area contributed by atoms with E-state index in [2.05, 4.69) is 32.2 Å². The Morgan fingerprint density at radius 1 is 1.22 bits per heavy atom. The number of aryl methyl sites for hydroxylation is 2. The Hall–Kier alpha value is -1.28. The summed E-state index contributed by atoms with van der Waals surface area (Å²) >= 11 is 6.18. The molecule has 0 amide bonds. The van der Waals surface area contributed by atoms with E-state index in [-0.39, 0.29) is 0 Å². The SMILES string of the molecule is CNc1c(C(C)C)c(C)nc2c(C)c(Cl)ccc12. The smallest absolute Gasteiger partial charge is 0.0770 e. The highest BCUT2D eigenvalue weighted by Crippen LogP contribution is 2.35. The van der Waals surface area contributed by atoms with Crippen molar-refractivity contribution in [1.82, 2.24) is 4.98 Å². The molecule has 1 N–H and O–H groups in total. The summed E-state index contributed by atoms with van der Waals surface area (Å²) in [6, 6.07) is 4.00. The predicted molar refractivity (Wildman–Crippen MR) is 79.9 cm³/mol. The number of nitrogens with one attached hydrogen (secondary N) is 1. The van der Waals surface area contributed by atoms with Gasteiger partial charge in [-0.1, -0.05) is 25.4 Å². The number of fused-ring (bicyclic) bond motifs is 1. The summed E-state index contributed by atoms with van der Waals surface area (Å²) in [7, 11) is 1.96. The number of nitrogens with zero attached hydrogens (tertiary/aromatic N) is 1. The minimum atomic E-state index is 0.445. The first-order valence-electron chi connectivity index (χ1n) is 6.24. The molecule has 0 unspecified atom stereocenters. The lowest BCUT2D eigenvalue weighted by Crippen LogP contribution is -2.04. The second-order valence-corrected chi connectivity index (χ2v) is 5.37.